The van der Waals surface area contributed by atoms with E-state index in [9.17, 15) is 0 Å². The van der Waals surface area contributed by atoms with Crippen LogP contribution in [0.4, 0.5) is 5.69 Å². The van der Waals surface area contributed by atoms with Crippen molar-refractivity contribution < 1.29 is 4.74 Å². The van der Waals surface area contributed by atoms with Crippen LogP contribution in [0.5, 0.6) is 5.75 Å². The van der Waals surface area contributed by atoms with Gasteiger partial charge in [-0.2, -0.15) is 0 Å². The van der Waals surface area contributed by atoms with Crippen molar-refractivity contribution in [2.45, 2.75) is 25.8 Å². The van der Waals surface area contributed by atoms with Crippen LogP contribution in [0, 0.1) is 0 Å². The second-order valence-corrected chi connectivity index (χ2v) is 6.33. The molecule has 0 saturated carbocycles. The molecule has 5 heteroatoms. The summed E-state index contributed by atoms with van der Waals surface area (Å²) in [5, 5.41) is 0. The van der Waals surface area contributed by atoms with Crippen LogP contribution in [0.3, 0.4) is 0 Å². The number of benzene rings is 1. The zero-order chi connectivity index (χ0) is 17.1. The van der Waals surface area contributed by atoms with Gasteiger partial charge in [0.15, 0.2) is 0 Å². The number of hydrogen-bond acceptors (Lipinski definition) is 4. The average molecular weight is 334 g/mol. The van der Waals surface area contributed by atoms with Gasteiger partial charge in [0, 0.05) is 42.9 Å². The zero-order valence-corrected chi connectivity index (χ0v) is 14.4. The van der Waals surface area contributed by atoms with Gasteiger partial charge in [-0.05, 0) is 43.0 Å². The minimum absolute atomic E-state index is 0.859. The lowest BCUT2D eigenvalue weighted by atomic mass is 10.1. The molecule has 0 radical (unpaired) electrons. The monoisotopic (exact) mass is 334 g/mol. The Morgan fingerprint density at radius 1 is 1.16 bits per heavy atom. The number of anilines is 1. The summed E-state index contributed by atoms with van der Waals surface area (Å²) in [6.07, 6.45) is 10.9. The third kappa shape index (κ3) is 3.22. The van der Waals surface area contributed by atoms with E-state index >= 15 is 0 Å². The lowest BCUT2D eigenvalue weighted by Gasteiger charge is -2.25. The molecule has 0 unspecified atom stereocenters. The Labute approximate surface area is 147 Å². The Hall–Kier alpha value is -2.82. The van der Waals surface area contributed by atoms with Gasteiger partial charge in [-0.1, -0.05) is 12.1 Å². The van der Waals surface area contributed by atoms with Gasteiger partial charge in [0.2, 0.25) is 0 Å². The van der Waals surface area contributed by atoms with Crippen molar-refractivity contribution in [3.05, 3.63) is 66.4 Å². The molecule has 0 spiro atoms. The Balaban J connectivity index is 1.59. The lowest BCUT2D eigenvalue weighted by molar-refractivity contribution is 0.409. The summed E-state index contributed by atoms with van der Waals surface area (Å²) in [7, 11) is 1.75. The van der Waals surface area contributed by atoms with E-state index in [2.05, 4.69) is 39.1 Å². The molecule has 1 aromatic carbocycles. The first-order valence-corrected chi connectivity index (χ1v) is 8.69. The number of pyridine rings is 1. The molecule has 1 aliphatic heterocycles. The molecule has 0 aliphatic carbocycles. The maximum Gasteiger partial charge on any atom is 0.137 e. The molecule has 0 atom stereocenters. The summed E-state index contributed by atoms with van der Waals surface area (Å²) in [5.41, 5.74) is 3.82. The fourth-order valence-electron chi connectivity index (χ4n) is 3.46. The van der Waals surface area contributed by atoms with Crippen molar-refractivity contribution in [2.24, 2.45) is 0 Å². The Bertz CT molecular complexity index is 827. The number of rotatable bonds is 4. The summed E-state index contributed by atoms with van der Waals surface area (Å²) < 4.78 is 7.49. The molecule has 1 aliphatic rings. The van der Waals surface area contributed by atoms with Gasteiger partial charge in [-0.25, -0.2) is 9.97 Å². The van der Waals surface area contributed by atoms with Crippen molar-refractivity contribution in [1.29, 1.82) is 0 Å². The zero-order valence-electron chi connectivity index (χ0n) is 14.4. The van der Waals surface area contributed by atoms with Crippen LogP contribution in [-0.2, 0) is 13.0 Å². The van der Waals surface area contributed by atoms with E-state index in [-0.39, 0.29) is 0 Å². The highest BCUT2D eigenvalue weighted by Crippen LogP contribution is 2.34. The van der Waals surface area contributed by atoms with Crippen molar-refractivity contribution in [3.63, 3.8) is 0 Å². The number of fused-ring (bicyclic) bond motifs is 1. The first-order valence-electron chi connectivity index (χ1n) is 8.69. The molecular formula is C20H22N4O. The van der Waals surface area contributed by atoms with E-state index in [1.54, 1.807) is 19.6 Å². The minimum Gasteiger partial charge on any atom is -0.496 e. The molecule has 4 rings (SSSR count). The third-order valence-electron chi connectivity index (χ3n) is 4.73. The number of nitrogens with zero attached hydrogens (tertiary/aromatic N) is 4. The number of aromatic nitrogens is 3. The van der Waals surface area contributed by atoms with Gasteiger partial charge in [-0.3, -0.25) is 4.57 Å². The van der Waals surface area contributed by atoms with Gasteiger partial charge in [0.1, 0.15) is 17.9 Å². The highest BCUT2D eigenvalue weighted by molar-refractivity contribution is 5.60. The smallest absolute Gasteiger partial charge is 0.137 e. The molecule has 3 heterocycles. The van der Waals surface area contributed by atoms with Gasteiger partial charge in [-0.15, -0.1) is 0 Å². The first kappa shape index (κ1) is 15.7. The van der Waals surface area contributed by atoms with Crippen LogP contribution in [0.1, 0.15) is 24.0 Å². The summed E-state index contributed by atoms with van der Waals surface area (Å²) in [5.74, 6) is 1.89. The Morgan fingerprint density at radius 2 is 2.12 bits per heavy atom. The SMILES string of the molecule is COc1cccc2c1CCCCN2Cc1ccc(-n2ccnc2)nc1. The summed E-state index contributed by atoms with van der Waals surface area (Å²) in [4.78, 5) is 11.1. The third-order valence-corrected chi connectivity index (χ3v) is 4.73. The van der Waals surface area contributed by atoms with E-state index in [1.807, 2.05) is 23.0 Å². The van der Waals surface area contributed by atoms with Gasteiger partial charge >= 0.3 is 0 Å². The fourth-order valence-corrected chi connectivity index (χ4v) is 3.46. The predicted octanol–water partition coefficient (Wildman–Crippen LogP) is 3.62. The predicted molar refractivity (Wildman–Crippen MR) is 98.3 cm³/mol. The molecule has 0 fully saturated rings. The average Bonchev–Trinajstić information content (AvgIpc) is 3.12. The van der Waals surface area contributed by atoms with Gasteiger partial charge in [0.05, 0.1) is 7.11 Å². The topological polar surface area (TPSA) is 43.2 Å². The second-order valence-electron chi connectivity index (χ2n) is 6.33. The highest BCUT2D eigenvalue weighted by Gasteiger charge is 2.18. The fraction of sp³-hybridized carbons (Fsp3) is 0.300. The maximum atomic E-state index is 5.58. The highest BCUT2D eigenvalue weighted by atomic mass is 16.5. The van der Waals surface area contributed by atoms with Crippen molar-refractivity contribution >= 4 is 5.69 Å². The molecular weight excluding hydrogens is 312 g/mol. The molecule has 3 aromatic rings. The largest absolute Gasteiger partial charge is 0.496 e. The quantitative estimate of drug-likeness (QED) is 0.731. The molecule has 25 heavy (non-hydrogen) atoms. The molecule has 0 amide bonds. The summed E-state index contributed by atoms with van der Waals surface area (Å²) >= 11 is 0. The molecule has 0 N–H and O–H groups in total. The maximum absolute atomic E-state index is 5.58. The first-order chi connectivity index (χ1) is 12.3. The van der Waals surface area contributed by atoms with E-state index < -0.39 is 0 Å². The van der Waals surface area contributed by atoms with Crippen LogP contribution >= 0.6 is 0 Å². The molecule has 0 saturated heterocycles. The van der Waals surface area contributed by atoms with Crippen molar-refractivity contribution in [3.8, 4) is 11.6 Å². The minimum atomic E-state index is 0.859. The van der Waals surface area contributed by atoms with E-state index in [0.717, 1.165) is 31.1 Å². The van der Waals surface area contributed by atoms with E-state index in [4.69, 9.17) is 4.74 Å². The van der Waals surface area contributed by atoms with Crippen LogP contribution in [0.15, 0.2) is 55.2 Å². The molecule has 0 bridgehead atoms. The lowest BCUT2D eigenvalue weighted by Crippen LogP contribution is -2.23. The number of hydrogen-bond donors (Lipinski definition) is 0. The standard InChI is InChI=1S/C20H22N4O/c1-25-19-7-4-6-18-17(19)5-2-3-11-23(18)14-16-8-9-20(22-13-16)24-12-10-21-15-24/h4,6-10,12-13,15H,2-3,5,11,14H2,1H3. The number of methoxy groups -OCH3 is 1. The van der Waals surface area contributed by atoms with Gasteiger partial charge < -0.3 is 9.64 Å². The normalized spacial score (nSPS) is 14.0. The van der Waals surface area contributed by atoms with Crippen molar-refractivity contribution in [2.75, 3.05) is 18.6 Å². The van der Waals surface area contributed by atoms with Crippen molar-refractivity contribution in [1.82, 2.24) is 14.5 Å². The van der Waals surface area contributed by atoms with Crippen LogP contribution in [0.25, 0.3) is 5.82 Å². The van der Waals surface area contributed by atoms with Crippen LogP contribution < -0.4 is 9.64 Å². The second kappa shape index (κ2) is 6.97. The summed E-state index contributed by atoms with van der Waals surface area (Å²) in [6.45, 7) is 1.92. The Morgan fingerprint density at radius 3 is 2.88 bits per heavy atom. The number of ether oxygens (including phenoxy) is 1. The summed E-state index contributed by atoms with van der Waals surface area (Å²) in [6, 6.07) is 10.5. The Kier molecular flexibility index (Phi) is 4.37. The molecule has 2 aromatic heterocycles. The number of imidazole rings is 1. The van der Waals surface area contributed by atoms with Gasteiger partial charge in [0.25, 0.3) is 0 Å². The van der Waals surface area contributed by atoms with Crippen LogP contribution in [-0.4, -0.2) is 28.2 Å². The van der Waals surface area contributed by atoms with E-state index in [1.165, 1.54) is 29.7 Å². The van der Waals surface area contributed by atoms with Crippen LogP contribution in [0.2, 0.25) is 0 Å². The van der Waals surface area contributed by atoms with E-state index in [0.29, 0.717) is 0 Å². The molecule has 5 nitrogen and oxygen atoms in total. The molecule has 128 valence electrons.